The van der Waals surface area contributed by atoms with E-state index in [0.717, 1.165) is 10.4 Å². The van der Waals surface area contributed by atoms with Crippen molar-refractivity contribution in [2.24, 2.45) is 0 Å². The van der Waals surface area contributed by atoms with E-state index in [-0.39, 0.29) is 18.8 Å². The maximum absolute atomic E-state index is 13.4. The molecule has 1 aliphatic carbocycles. The van der Waals surface area contributed by atoms with Gasteiger partial charge in [-0.15, -0.1) is 13.2 Å². The quantitative estimate of drug-likeness (QED) is 0.438. The fourth-order valence-electron chi connectivity index (χ4n) is 4.26. The molecular weight excluding hydrogens is 525 g/mol. The molecule has 0 aromatic heterocycles. The summed E-state index contributed by atoms with van der Waals surface area (Å²) in [6.07, 6.45) is -3.96. The Morgan fingerprint density at radius 2 is 1.63 bits per heavy atom. The predicted molar refractivity (Wildman–Crippen MR) is 134 cm³/mol. The highest BCUT2D eigenvalue weighted by atomic mass is 32.2. The third-order valence-electron chi connectivity index (χ3n) is 6.53. The molecule has 12 heteroatoms. The number of rotatable bonds is 7. The largest absolute Gasteiger partial charge is 0.573 e. The Labute approximate surface area is 218 Å². The minimum absolute atomic E-state index is 0. The van der Waals surface area contributed by atoms with Gasteiger partial charge in [-0.25, -0.2) is 12.7 Å². The van der Waals surface area contributed by atoms with Crippen molar-refractivity contribution in [2.45, 2.75) is 29.5 Å². The van der Waals surface area contributed by atoms with Crippen LogP contribution >= 0.6 is 0 Å². The molecule has 1 amide bonds. The van der Waals surface area contributed by atoms with Crippen LogP contribution in [-0.4, -0.2) is 45.9 Å². The number of nitrogens with one attached hydrogen (secondary N) is 1. The minimum atomic E-state index is -4.97. The first-order valence-corrected chi connectivity index (χ1v) is 13.0. The fourth-order valence-corrected chi connectivity index (χ4v) is 5.16. The maximum Gasteiger partial charge on any atom is 0.573 e. The van der Waals surface area contributed by atoms with Crippen molar-refractivity contribution in [3.63, 3.8) is 0 Å². The van der Waals surface area contributed by atoms with Crippen LogP contribution in [0.1, 0.15) is 19.8 Å². The van der Waals surface area contributed by atoms with Crippen LogP contribution in [0.15, 0.2) is 65.6 Å². The lowest BCUT2D eigenvalue weighted by Crippen LogP contribution is -2.28. The van der Waals surface area contributed by atoms with E-state index in [1.165, 1.54) is 50.5 Å². The van der Waals surface area contributed by atoms with E-state index < -0.39 is 33.5 Å². The van der Waals surface area contributed by atoms with Crippen molar-refractivity contribution in [2.75, 3.05) is 26.2 Å². The Morgan fingerprint density at radius 3 is 2.26 bits per heavy atom. The van der Waals surface area contributed by atoms with Gasteiger partial charge in [0.15, 0.2) is 17.2 Å². The second-order valence-electron chi connectivity index (χ2n) is 9.17. The Balaban J connectivity index is 0.00000353. The number of ether oxygens (including phenoxy) is 3. The summed E-state index contributed by atoms with van der Waals surface area (Å²) in [6.45, 7) is 0.0744. The van der Waals surface area contributed by atoms with Gasteiger partial charge in [0.2, 0.25) is 22.7 Å². The third-order valence-corrected chi connectivity index (χ3v) is 8.36. The molecule has 202 valence electrons. The van der Waals surface area contributed by atoms with Gasteiger partial charge in [-0.3, -0.25) is 4.79 Å². The zero-order chi connectivity index (χ0) is 27.3. The van der Waals surface area contributed by atoms with Gasteiger partial charge in [0.05, 0.1) is 16.0 Å². The van der Waals surface area contributed by atoms with Crippen molar-refractivity contribution < 1.29 is 42.0 Å². The standard InChI is InChI=1S/C26H23F3N2O6S.H2/c1-31(2)38(33,34)19-7-3-16(4-8-19)17-5-9-21(37-26(27,28)29)20(13-17)30-24(32)25(11-12-25)18-6-10-22-23(14-18)36-15-35-22;/h3-10,13-14H,11-12,15H2,1-2H3,(H,30,32);1H. The molecular formula is C26H25F3N2O6S. The van der Waals surface area contributed by atoms with E-state index in [0.29, 0.717) is 41.0 Å². The van der Waals surface area contributed by atoms with E-state index in [2.05, 4.69) is 10.1 Å². The van der Waals surface area contributed by atoms with E-state index in [1.807, 2.05) is 0 Å². The lowest BCUT2D eigenvalue weighted by atomic mass is 9.94. The highest BCUT2D eigenvalue weighted by Crippen LogP contribution is 2.51. The maximum atomic E-state index is 13.4. The van der Waals surface area contributed by atoms with Gasteiger partial charge in [-0.2, -0.15) is 0 Å². The van der Waals surface area contributed by atoms with Gasteiger partial charge in [-0.1, -0.05) is 24.3 Å². The van der Waals surface area contributed by atoms with Gasteiger partial charge in [-0.05, 0) is 65.9 Å². The number of halogens is 3. The summed E-state index contributed by atoms with van der Waals surface area (Å²) in [5.74, 6) is 0.0168. The van der Waals surface area contributed by atoms with Crippen LogP contribution in [0.5, 0.6) is 17.2 Å². The van der Waals surface area contributed by atoms with Crippen LogP contribution in [0.3, 0.4) is 0 Å². The molecule has 1 N–H and O–H groups in total. The monoisotopic (exact) mass is 550 g/mol. The first-order chi connectivity index (χ1) is 17.9. The number of hydrogen-bond acceptors (Lipinski definition) is 6. The molecule has 0 saturated heterocycles. The molecule has 3 aromatic rings. The molecule has 0 bridgehead atoms. The normalized spacial score (nSPS) is 15.8. The molecule has 0 radical (unpaired) electrons. The number of fused-ring (bicyclic) bond motifs is 1. The molecule has 0 atom stereocenters. The van der Waals surface area contributed by atoms with Crippen LogP contribution in [0.4, 0.5) is 18.9 Å². The van der Waals surface area contributed by atoms with Gasteiger partial charge in [0.1, 0.15) is 0 Å². The van der Waals surface area contributed by atoms with Gasteiger partial charge >= 0.3 is 6.36 Å². The summed E-state index contributed by atoms with van der Waals surface area (Å²) >= 11 is 0. The number of hydrogen-bond donors (Lipinski definition) is 1. The molecule has 5 rings (SSSR count). The first-order valence-electron chi connectivity index (χ1n) is 11.5. The van der Waals surface area contributed by atoms with Crippen molar-refractivity contribution in [1.82, 2.24) is 4.31 Å². The van der Waals surface area contributed by atoms with Crippen LogP contribution in [0, 0.1) is 0 Å². The minimum Gasteiger partial charge on any atom is -0.454 e. The highest BCUT2D eigenvalue weighted by Gasteiger charge is 2.52. The van der Waals surface area contributed by atoms with Crippen LogP contribution < -0.4 is 19.5 Å². The van der Waals surface area contributed by atoms with E-state index >= 15 is 0 Å². The molecule has 1 fully saturated rings. The summed E-state index contributed by atoms with van der Waals surface area (Å²) in [7, 11) is -0.831. The number of alkyl halides is 3. The van der Waals surface area contributed by atoms with Crippen molar-refractivity contribution in [3.8, 4) is 28.4 Å². The molecule has 0 spiro atoms. The fraction of sp³-hybridized carbons (Fsp3) is 0.269. The average Bonchev–Trinajstić information content (AvgIpc) is 3.55. The molecule has 38 heavy (non-hydrogen) atoms. The predicted octanol–water partition coefficient (Wildman–Crippen LogP) is 5.15. The molecule has 1 heterocycles. The van der Waals surface area contributed by atoms with Crippen molar-refractivity contribution in [3.05, 3.63) is 66.2 Å². The second-order valence-corrected chi connectivity index (χ2v) is 11.3. The summed E-state index contributed by atoms with van der Waals surface area (Å²) in [5.41, 5.74) is 0.577. The summed E-state index contributed by atoms with van der Waals surface area (Å²) in [5, 5.41) is 2.62. The van der Waals surface area contributed by atoms with Crippen LogP contribution in [0.25, 0.3) is 11.1 Å². The zero-order valence-corrected chi connectivity index (χ0v) is 21.2. The zero-order valence-electron chi connectivity index (χ0n) is 20.3. The van der Waals surface area contributed by atoms with Gasteiger partial charge in [0.25, 0.3) is 0 Å². The topological polar surface area (TPSA) is 94.2 Å². The second kappa shape index (κ2) is 9.21. The average molecular weight is 551 g/mol. The Morgan fingerprint density at radius 1 is 0.974 bits per heavy atom. The molecule has 2 aliphatic rings. The van der Waals surface area contributed by atoms with Crippen LogP contribution in [-0.2, 0) is 20.2 Å². The molecule has 1 saturated carbocycles. The summed E-state index contributed by atoms with van der Waals surface area (Å²) in [4.78, 5) is 13.5. The molecule has 0 unspecified atom stereocenters. The Hall–Kier alpha value is -3.77. The van der Waals surface area contributed by atoms with Crippen molar-refractivity contribution in [1.29, 1.82) is 0 Å². The number of sulfonamides is 1. The third kappa shape index (κ3) is 4.88. The summed E-state index contributed by atoms with van der Waals surface area (Å²) in [6, 6.07) is 14.9. The molecule has 1 aliphatic heterocycles. The number of anilines is 1. The highest BCUT2D eigenvalue weighted by molar-refractivity contribution is 7.89. The van der Waals surface area contributed by atoms with E-state index in [1.54, 1.807) is 18.2 Å². The number of nitrogens with zero attached hydrogens (tertiary/aromatic N) is 1. The Kier molecular flexibility index (Phi) is 6.27. The first kappa shape index (κ1) is 25.9. The molecule has 3 aromatic carbocycles. The van der Waals surface area contributed by atoms with E-state index in [4.69, 9.17) is 9.47 Å². The lowest BCUT2D eigenvalue weighted by Gasteiger charge is -2.19. The van der Waals surface area contributed by atoms with Crippen molar-refractivity contribution >= 4 is 21.6 Å². The number of carbonyl (C=O) groups excluding carboxylic acids is 1. The molecule has 8 nitrogen and oxygen atoms in total. The SMILES string of the molecule is CN(C)S(=O)(=O)c1ccc(-c2ccc(OC(F)(F)F)c(NC(=O)C3(c4ccc5c(c4)OCO5)CC3)c2)cc1.[HH]. The summed E-state index contributed by atoms with van der Waals surface area (Å²) < 4.78 is 80.0. The Bertz CT molecular complexity index is 1510. The number of amides is 1. The van der Waals surface area contributed by atoms with Gasteiger partial charge in [0, 0.05) is 15.5 Å². The van der Waals surface area contributed by atoms with Crippen LogP contribution in [0.2, 0.25) is 0 Å². The number of carbonyl (C=O) groups is 1. The lowest BCUT2D eigenvalue weighted by molar-refractivity contribution is -0.274. The number of benzene rings is 3. The van der Waals surface area contributed by atoms with Gasteiger partial charge < -0.3 is 19.5 Å². The van der Waals surface area contributed by atoms with E-state index in [9.17, 15) is 26.4 Å². The smallest absolute Gasteiger partial charge is 0.454 e.